The molecule has 0 saturated carbocycles. The topological polar surface area (TPSA) is 88.1 Å². The Bertz CT molecular complexity index is 1210. The van der Waals surface area contributed by atoms with Crippen LogP contribution < -0.4 is 16.0 Å². The van der Waals surface area contributed by atoms with E-state index in [1.54, 1.807) is 6.92 Å². The van der Waals surface area contributed by atoms with Crippen LogP contribution in [0.5, 0.6) is 5.75 Å². The van der Waals surface area contributed by atoms with E-state index in [1.807, 2.05) is 0 Å². The largest absolute Gasteiger partial charge is 0.434 e. The van der Waals surface area contributed by atoms with Gasteiger partial charge in [0, 0.05) is 14.1 Å². The Morgan fingerprint density at radius 1 is 1.25 bits per heavy atom. The van der Waals surface area contributed by atoms with E-state index < -0.39 is 30.2 Å². The SMILES string of the molecule is Cc1ccc(OC(F)F)c(C(=O)Cn2c(Cl)nc3c2c(=O)n(C)c(=O)n3C)c1. The van der Waals surface area contributed by atoms with Gasteiger partial charge in [0.1, 0.15) is 5.75 Å². The smallest absolute Gasteiger partial charge is 0.387 e. The molecule has 0 aliphatic heterocycles. The molecule has 2 heterocycles. The molecule has 8 nitrogen and oxygen atoms in total. The van der Waals surface area contributed by atoms with Crippen LogP contribution in [0.2, 0.25) is 5.28 Å². The number of ether oxygens (including phenoxy) is 1. The first kappa shape index (κ1) is 19.7. The fourth-order valence-electron chi connectivity index (χ4n) is 2.85. The van der Waals surface area contributed by atoms with Gasteiger partial charge in [-0.05, 0) is 30.7 Å². The first-order valence-electron chi connectivity index (χ1n) is 8.02. The first-order chi connectivity index (χ1) is 13.1. The Labute approximate surface area is 161 Å². The monoisotopic (exact) mass is 412 g/mol. The van der Waals surface area contributed by atoms with Crippen LogP contribution in [0.4, 0.5) is 8.78 Å². The average molecular weight is 413 g/mol. The van der Waals surface area contributed by atoms with E-state index >= 15 is 0 Å². The molecule has 3 aromatic rings. The van der Waals surface area contributed by atoms with E-state index in [0.717, 1.165) is 13.7 Å². The van der Waals surface area contributed by atoms with Gasteiger partial charge < -0.3 is 9.30 Å². The van der Waals surface area contributed by atoms with E-state index in [1.165, 1.54) is 32.3 Å². The van der Waals surface area contributed by atoms with E-state index in [0.29, 0.717) is 5.56 Å². The zero-order valence-corrected chi connectivity index (χ0v) is 15.8. The lowest BCUT2D eigenvalue weighted by atomic mass is 10.1. The molecule has 0 bridgehead atoms. The first-order valence-corrected chi connectivity index (χ1v) is 8.40. The summed E-state index contributed by atoms with van der Waals surface area (Å²) in [5.74, 6) is -0.900. The van der Waals surface area contributed by atoms with Crippen molar-refractivity contribution in [3.05, 3.63) is 55.4 Å². The van der Waals surface area contributed by atoms with Crippen molar-refractivity contribution in [2.24, 2.45) is 14.1 Å². The zero-order chi connectivity index (χ0) is 20.7. The molecular weight excluding hydrogens is 398 g/mol. The molecule has 0 spiro atoms. The number of carbonyl (C=O) groups is 1. The highest BCUT2D eigenvalue weighted by molar-refractivity contribution is 6.29. The molecule has 0 amide bonds. The molecular formula is C17H15ClF2N4O4. The predicted molar refractivity (Wildman–Crippen MR) is 97.4 cm³/mol. The maximum Gasteiger partial charge on any atom is 0.387 e. The quantitative estimate of drug-likeness (QED) is 0.471. The molecule has 3 rings (SSSR count). The summed E-state index contributed by atoms with van der Waals surface area (Å²) < 4.78 is 32.8. The summed E-state index contributed by atoms with van der Waals surface area (Å²) in [6.45, 7) is -1.87. The summed E-state index contributed by atoms with van der Waals surface area (Å²) in [6, 6.07) is 4.20. The van der Waals surface area contributed by atoms with Crippen molar-refractivity contribution in [1.82, 2.24) is 18.7 Å². The Morgan fingerprint density at radius 2 is 1.93 bits per heavy atom. The molecule has 2 aromatic heterocycles. The Kier molecular flexibility index (Phi) is 5.07. The number of rotatable bonds is 5. The number of Topliss-reactive ketones (excluding diaryl/α,β-unsaturated/α-hetero) is 1. The van der Waals surface area contributed by atoms with Crippen LogP contribution in [0.25, 0.3) is 11.2 Å². The zero-order valence-electron chi connectivity index (χ0n) is 15.1. The summed E-state index contributed by atoms with van der Waals surface area (Å²) >= 11 is 6.09. The molecule has 0 fully saturated rings. The van der Waals surface area contributed by atoms with Crippen LogP contribution in [0, 0.1) is 6.92 Å². The van der Waals surface area contributed by atoms with Gasteiger partial charge in [0.2, 0.25) is 5.28 Å². The predicted octanol–water partition coefficient (Wildman–Crippen LogP) is 1.88. The van der Waals surface area contributed by atoms with Gasteiger partial charge in [0.15, 0.2) is 16.9 Å². The number of imidazole rings is 1. The number of hydrogen-bond acceptors (Lipinski definition) is 5. The molecule has 0 saturated heterocycles. The molecule has 0 aliphatic rings. The number of nitrogens with zero attached hydrogens (tertiary/aromatic N) is 4. The lowest BCUT2D eigenvalue weighted by Gasteiger charge is -2.12. The molecule has 0 N–H and O–H groups in total. The number of fused-ring (bicyclic) bond motifs is 1. The second-order valence-electron chi connectivity index (χ2n) is 6.15. The minimum absolute atomic E-state index is 0.0131. The third kappa shape index (κ3) is 3.31. The highest BCUT2D eigenvalue weighted by Crippen LogP contribution is 2.24. The van der Waals surface area contributed by atoms with Gasteiger partial charge in [-0.1, -0.05) is 11.6 Å². The van der Waals surface area contributed by atoms with Crippen molar-refractivity contribution in [3.8, 4) is 5.75 Å². The highest BCUT2D eigenvalue weighted by Gasteiger charge is 2.22. The van der Waals surface area contributed by atoms with Crippen LogP contribution in [-0.4, -0.2) is 31.1 Å². The fraction of sp³-hybridized carbons (Fsp3) is 0.294. The normalized spacial score (nSPS) is 11.4. The minimum atomic E-state index is -3.10. The van der Waals surface area contributed by atoms with E-state index in [2.05, 4.69) is 9.72 Å². The number of hydrogen-bond donors (Lipinski definition) is 0. The molecule has 0 aliphatic carbocycles. The standard InChI is InChI=1S/C17H15ClF2N4O4/c1-8-4-5-11(28-16(19)20)9(6-8)10(25)7-24-12-13(21-15(24)18)22(2)17(27)23(3)14(12)26/h4-6,16H,7H2,1-3H3. The fourth-order valence-corrected chi connectivity index (χ4v) is 3.08. The Balaban J connectivity index is 2.13. The molecule has 1 aromatic carbocycles. The number of benzene rings is 1. The number of alkyl halides is 2. The van der Waals surface area contributed by atoms with Crippen molar-refractivity contribution in [3.63, 3.8) is 0 Å². The van der Waals surface area contributed by atoms with Crippen LogP contribution in [0.15, 0.2) is 27.8 Å². The lowest BCUT2D eigenvalue weighted by Crippen LogP contribution is -2.37. The van der Waals surface area contributed by atoms with Crippen LogP contribution in [0.3, 0.4) is 0 Å². The van der Waals surface area contributed by atoms with Gasteiger partial charge in [-0.2, -0.15) is 13.8 Å². The third-order valence-electron chi connectivity index (χ3n) is 4.25. The van der Waals surface area contributed by atoms with Crippen LogP contribution in [0.1, 0.15) is 15.9 Å². The van der Waals surface area contributed by atoms with Crippen molar-refractivity contribution in [2.75, 3.05) is 0 Å². The minimum Gasteiger partial charge on any atom is -0.434 e. The van der Waals surface area contributed by atoms with Crippen LogP contribution >= 0.6 is 11.6 Å². The van der Waals surface area contributed by atoms with Crippen LogP contribution in [-0.2, 0) is 20.6 Å². The Hall–Kier alpha value is -3.01. The van der Waals surface area contributed by atoms with E-state index in [4.69, 9.17) is 11.6 Å². The summed E-state index contributed by atoms with van der Waals surface area (Å²) in [6.07, 6.45) is 0. The average Bonchev–Trinajstić information content (AvgIpc) is 2.95. The van der Waals surface area contributed by atoms with Gasteiger partial charge in [-0.15, -0.1) is 0 Å². The molecule has 28 heavy (non-hydrogen) atoms. The van der Waals surface area contributed by atoms with Gasteiger partial charge in [0.05, 0.1) is 12.1 Å². The second kappa shape index (κ2) is 7.19. The molecule has 0 unspecified atom stereocenters. The maximum atomic E-state index is 12.8. The third-order valence-corrected chi connectivity index (χ3v) is 4.54. The summed E-state index contributed by atoms with van der Waals surface area (Å²) in [4.78, 5) is 41.3. The van der Waals surface area contributed by atoms with Crippen molar-refractivity contribution < 1.29 is 18.3 Å². The summed E-state index contributed by atoms with van der Waals surface area (Å²) in [7, 11) is 2.70. The van der Waals surface area contributed by atoms with E-state index in [9.17, 15) is 23.2 Å². The highest BCUT2D eigenvalue weighted by atomic mass is 35.5. The summed E-state index contributed by atoms with van der Waals surface area (Å²) in [5, 5.41) is -0.189. The second-order valence-corrected chi connectivity index (χ2v) is 6.48. The van der Waals surface area contributed by atoms with Gasteiger partial charge in [-0.3, -0.25) is 18.7 Å². The van der Waals surface area contributed by atoms with Crippen molar-refractivity contribution in [2.45, 2.75) is 20.1 Å². The number of halogens is 3. The number of aryl methyl sites for hydroxylation is 2. The van der Waals surface area contributed by atoms with Gasteiger partial charge in [-0.25, -0.2) is 4.79 Å². The van der Waals surface area contributed by atoms with E-state index in [-0.39, 0.29) is 27.8 Å². The molecule has 0 radical (unpaired) electrons. The summed E-state index contributed by atoms with van der Waals surface area (Å²) in [5.41, 5.74) is -0.745. The van der Waals surface area contributed by atoms with Gasteiger partial charge in [0.25, 0.3) is 5.56 Å². The molecule has 11 heteroatoms. The molecule has 0 atom stereocenters. The Morgan fingerprint density at radius 3 is 2.57 bits per heavy atom. The van der Waals surface area contributed by atoms with Gasteiger partial charge >= 0.3 is 12.3 Å². The van der Waals surface area contributed by atoms with Crippen molar-refractivity contribution in [1.29, 1.82) is 0 Å². The maximum absolute atomic E-state index is 12.8. The number of ketones is 1. The lowest BCUT2D eigenvalue weighted by molar-refractivity contribution is -0.0501. The number of carbonyl (C=O) groups excluding carboxylic acids is 1. The molecule has 148 valence electrons. The number of aromatic nitrogens is 4. The van der Waals surface area contributed by atoms with Crippen molar-refractivity contribution >= 4 is 28.5 Å².